The number of aromatic nitrogens is 1. The molecule has 3 heterocycles. The first-order valence-corrected chi connectivity index (χ1v) is 10.8. The van der Waals surface area contributed by atoms with Gasteiger partial charge >= 0.3 is 6.03 Å². The number of hydrogen-bond donors (Lipinski definition) is 2. The Morgan fingerprint density at radius 3 is 2.78 bits per heavy atom. The maximum absolute atomic E-state index is 13.3. The second-order valence-electron chi connectivity index (χ2n) is 7.84. The van der Waals surface area contributed by atoms with Gasteiger partial charge in [-0.25, -0.2) is 4.79 Å². The third-order valence-electron chi connectivity index (χ3n) is 5.66. The van der Waals surface area contributed by atoms with E-state index in [1.807, 2.05) is 13.0 Å². The summed E-state index contributed by atoms with van der Waals surface area (Å²) in [4.78, 5) is 45.9. The first kappa shape index (κ1) is 21.8. The summed E-state index contributed by atoms with van der Waals surface area (Å²) in [5, 5.41) is 6.06. The molecule has 9 heteroatoms. The average Bonchev–Trinajstić information content (AvgIpc) is 2.81. The number of imide groups is 1. The Kier molecular flexibility index (Phi) is 6.65. The van der Waals surface area contributed by atoms with Gasteiger partial charge in [-0.2, -0.15) is 0 Å². The van der Waals surface area contributed by atoms with Crippen LogP contribution < -0.4 is 15.4 Å². The molecule has 1 aromatic heterocycles. The van der Waals surface area contributed by atoms with Gasteiger partial charge in [-0.3, -0.25) is 19.5 Å². The number of carbonyl (C=O) groups is 3. The lowest BCUT2D eigenvalue weighted by molar-refractivity contribution is -0.138. The van der Waals surface area contributed by atoms with Crippen molar-refractivity contribution >= 4 is 23.5 Å². The molecule has 0 spiro atoms. The largest absolute Gasteiger partial charge is 0.494 e. The second kappa shape index (κ2) is 9.78. The molecule has 0 bridgehead atoms. The van der Waals surface area contributed by atoms with Crippen LogP contribution in [-0.4, -0.2) is 64.4 Å². The van der Waals surface area contributed by atoms with E-state index in [4.69, 9.17) is 4.74 Å². The number of piperidine rings is 1. The van der Waals surface area contributed by atoms with Crippen LogP contribution in [0.4, 0.5) is 10.5 Å². The molecule has 0 saturated carbocycles. The van der Waals surface area contributed by atoms with Crippen molar-refractivity contribution in [3.8, 4) is 5.75 Å². The fourth-order valence-corrected chi connectivity index (χ4v) is 4.18. The van der Waals surface area contributed by atoms with Gasteiger partial charge in [-0.05, 0) is 62.2 Å². The van der Waals surface area contributed by atoms with Crippen LogP contribution in [-0.2, 0) is 16.1 Å². The molecule has 0 radical (unpaired) electrons. The molecule has 4 rings (SSSR count). The number of urea groups is 1. The molecule has 1 aromatic carbocycles. The summed E-state index contributed by atoms with van der Waals surface area (Å²) < 4.78 is 5.42. The summed E-state index contributed by atoms with van der Waals surface area (Å²) >= 11 is 0. The minimum absolute atomic E-state index is 0.118. The number of benzene rings is 1. The van der Waals surface area contributed by atoms with Gasteiger partial charge in [-0.1, -0.05) is 6.07 Å². The van der Waals surface area contributed by atoms with Gasteiger partial charge in [0.25, 0.3) is 0 Å². The molecule has 2 aliphatic heterocycles. The summed E-state index contributed by atoms with van der Waals surface area (Å²) in [5.74, 6) is 0.145. The molecule has 2 N–H and O–H groups in total. The Hall–Kier alpha value is -3.46. The minimum Gasteiger partial charge on any atom is -0.494 e. The molecule has 2 unspecified atom stereocenters. The van der Waals surface area contributed by atoms with E-state index in [1.165, 1.54) is 9.80 Å². The standard InChI is InChI=1S/C23H27N5O4/c1-2-32-18-9-7-17(8-10-18)26-20(29)15-27-19-6-4-12-25-21(19)22(30)28(23(27)31)14-16-5-3-11-24-13-16/h3,5,7-11,13,19,21,25H,2,4,6,12,14-15H2,1H3,(H,26,29). The van der Waals surface area contributed by atoms with E-state index >= 15 is 0 Å². The van der Waals surface area contributed by atoms with Gasteiger partial charge in [0.2, 0.25) is 11.8 Å². The highest BCUT2D eigenvalue weighted by Gasteiger charge is 2.47. The monoisotopic (exact) mass is 437 g/mol. The van der Waals surface area contributed by atoms with Crippen molar-refractivity contribution in [1.82, 2.24) is 20.1 Å². The molecule has 2 saturated heterocycles. The van der Waals surface area contributed by atoms with Crippen LogP contribution in [0.2, 0.25) is 0 Å². The van der Waals surface area contributed by atoms with Gasteiger partial charge < -0.3 is 20.3 Å². The summed E-state index contributed by atoms with van der Waals surface area (Å²) in [5.41, 5.74) is 1.37. The van der Waals surface area contributed by atoms with Gasteiger partial charge in [-0.15, -0.1) is 0 Å². The molecule has 2 fully saturated rings. The fourth-order valence-electron chi connectivity index (χ4n) is 4.18. The normalized spacial score (nSPS) is 20.7. The van der Waals surface area contributed by atoms with Gasteiger partial charge in [0.05, 0.1) is 19.2 Å². The number of hydrogen-bond acceptors (Lipinski definition) is 6. The highest BCUT2D eigenvalue weighted by Crippen LogP contribution is 2.26. The first-order chi connectivity index (χ1) is 15.6. The van der Waals surface area contributed by atoms with Crippen molar-refractivity contribution in [2.45, 2.75) is 38.4 Å². The highest BCUT2D eigenvalue weighted by atomic mass is 16.5. The first-order valence-electron chi connectivity index (χ1n) is 10.8. The van der Waals surface area contributed by atoms with E-state index in [0.717, 1.165) is 17.7 Å². The topological polar surface area (TPSA) is 104 Å². The lowest BCUT2D eigenvalue weighted by Gasteiger charge is -2.46. The van der Waals surface area contributed by atoms with Crippen LogP contribution >= 0.6 is 0 Å². The van der Waals surface area contributed by atoms with Crippen LogP contribution in [0, 0.1) is 0 Å². The molecule has 2 aromatic rings. The zero-order valence-electron chi connectivity index (χ0n) is 18.0. The average molecular weight is 438 g/mol. The van der Waals surface area contributed by atoms with Crippen molar-refractivity contribution < 1.29 is 19.1 Å². The number of amides is 4. The van der Waals surface area contributed by atoms with Gasteiger partial charge in [0.1, 0.15) is 18.3 Å². The van der Waals surface area contributed by atoms with Gasteiger partial charge in [0.15, 0.2) is 0 Å². The van der Waals surface area contributed by atoms with Crippen LogP contribution in [0.1, 0.15) is 25.3 Å². The van der Waals surface area contributed by atoms with Crippen molar-refractivity contribution in [3.05, 3.63) is 54.4 Å². The lowest BCUT2D eigenvalue weighted by Crippen LogP contribution is -2.70. The van der Waals surface area contributed by atoms with Crippen molar-refractivity contribution in [2.75, 3.05) is 25.0 Å². The Morgan fingerprint density at radius 1 is 1.25 bits per heavy atom. The SMILES string of the molecule is CCOc1ccc(NC(=O)CN2C(=O)N(Cc3cccnc3)C(=O)C3NCCCC32)cc1. The summed E-state index contributed by atoms with van der Waals surface area (Å²) in [6, 6.07) is 9.33. The number of fused-ring (bicyclic) bond motifs is 1. The number of nitrogens with one attached hydrogen (secondary N) is 2. The summed E-state index contributed by atoms with van der Waals surface area (Å²) in [6.07, 6.45) is 4.77. The maximum Gasteiger partial charge on any atom is 0.327 e. The number of nitrogens with zero attached hydrogens (tertiary/aromatic N) is 3. The number of anilines is 1. The Bertz CT molecular complexity index is 966. The molecule has 0 aliphatic carbocycles. The molecule has 4 amide bonds. The number of ether oxygens (including phenoxy) is 1. The van der Waals surface area contributed by atoms with E-state index in [-0.39, 0.29) is 30.9 Å². The number of carbonyl (C=O) groups excluding carboxylic acids is 3. The highest BCUT2D eigenvalue weighted by molar-refractivity contribution is 6.02. The predicted molar refractivity (Wildman–Crippen MR) is 118 cm³/mol. The number of pyridine rings is 1. The third kappa shape index (κ3) is 4.72. The zero-order chi connectivity index (χ0) is 22.5. The Morgan fingerprint density at radius 2 is 2.06 bits per heavy atom. The number of rotatable bonds is 7. The maximum atomic E-state index is 13.3. The molecular weight excluding hydrogens is 410 g/mol. The molecule has 2 aliphatic rings. The molecule has 2 atom stereocenters. The molecular formula is C23H27N5O4. The van der Waals surface area contributed by atoms with Crippen molar-refractivity contribution in [2.24, 2.45) is 0 Å². The molecule has 9 nitrogen and oxygen atoms in total. The Labute approximate surface area is 186 Å². The summed E-state index contributed by atoms with van der Waals surface area (Å²) in [7, 11) is 0. The lowest BCUT2D eigenvalue weighted by atomic mass is 9.93. The van der Waals surface area contributed by atoms with E-state index in [1.54, 1.807) is 42.7 Å². The quantitative estimate of drug-likeness (QED) is 0.687. The predicted octanol–water partition coefficient (Wildman–Crippen LogP) is 2.00. The molecule has 32 heavy (non-hydrogen) atoms. The van der Waals surface area contributed by atoms with Crippen LogP contribution in [0.15, 0.2) is 48.8 Å². The second-order valence-corrected chi connectivity index (χ2v) is 7.84. The molecule has 168 valence electrons. The van der Waals surface area contributed by atoms with Crippen molar-refractivity contribution in [3.63, 3.8) is 0 Å². The van der Waals surface area contributed by atoms with Crippen LogP contribution in [0.5, 0.6) is 5.75 Å². The van der Waals surface area contributed by atoms with E-state index in [9.17, 15) is 14.4 Å². The van der Waals surface area contributed by atoms with E-state index < -0.39 is 12.1 Å². The van der Waals surface area contributed by atoms with Gasteiger partial charge in [0, 0.05) is 18.1 Å². The fraction of sp³-hybridized carbons (Fsp3) is 0.391. The van der Waals surface area contributed by atoms with Crippen LogP contribution in [0.3, 0.4) is 0 Å². The minimum atomic E-state index is -0.517. The van der Waals surface area contributed by atoms with E-state index in [0.29, 0.717) is 25.3 Å². The zero-order valence-corrected chi connectivity index (χ0v) is 18.0. The smallest absolute Gasteiger partial charge is 0.327 e. The van der Waals surface area contributed by atoms with Crippen molar-refractivity contribution in [1.29, 1.82) is 0 Å². The summed E-state index contributed by atoms with van der Waals surface area (Å²) in [6.45, 7) is 3.15. The Balaban J connectivity index is 1.49. The van der Waals surface area contributed by atoms with E-state index in [2.05, 4.69) is 15.6 Å². The van der Waals surface area contributed by atoms with Crippen LogP contribution in [0.25, 0.3) is 0 Å². The third-order valence-corrected chi connectivity index (χ3v) is 5.66.